The zero-order valence-electron chi connectivity index (χ0n) is 17.6. The fraction of sp³-hybridized carbons (Fsp3) is 0.136. The number of rotatable bonds is 9. The third kappa shape index (κ3) is 6.27. The maximum atomic E-state index is 13.0. The number of sulfonamides is 1. The molecule has 33 heavy (non-hydrogen) atoms. The first-order valence-electron chi connectivity index (χ1n) is 9.44. The van der Waals surface area contributed by atoms with Gasteiger partial charge in [-0.1, -0.05) is 11.6 Å². The highest BCUT2D eigenvalue weighted by molar-refractivity contribution is 7.92. The van der Waals surface area contributed by atoms with E-state index in [2.05, 4.69) is 10.0 Å². The van der Waals surface area contributed by atoms with E-state index in [1.165, 1.54) is 44.6 Å². The second kappa shape index (κ2) is 10.4. The Morgan fingerprint density at radius 3 is 2.30 bits per heavy atom. The molecule has 0 unspecified atom stereocenters. The second-order valence-electron chi connectivity index (χ2n) is 6.61. The number of benzene rings is 3. The largest absolute Gasteiger partial charge is 0.497 e. The summed E-state index contributed by atoms with van der Waals surface area (Å²) in [5.41, 5.74) is 0.586. The van der Waals surface area contributed by atoms with Crippen LogP contribution in [0.25, 0.3) is 0 Å². The Labute approximate surface area is 195 Å². The van der Waals surface area contributed by atoms with E-state index in [0.29, 0.717) is 17.2 Å². The normalized spacial score (nSPS) is 10.9. The molecule has 0 aliphatic rings. The van der Waals surface area contributed by atoms with Gasteiger partial charge in [0, 0.05) is 11.8 Å². The Morgan fingerprint density at radius 2 is 1.67 bits per heavy atom. The third-order valence-corrected chi connectivity index (χ3v) is 6.02. The zero-order chi connectivity index (χ0) is 24.0. The molecule has 11 heteroatoms. The molecule has 0 saturated heterocycles. The van der Waals surface area contributed by atoms with Gasteiger partial charge in [0.05, 0.1) is 29.8 Å². The molecule has 2 N–H and O–H groups in total. The van der Waals surface area contributed by atoms with E-state index in [0.717, 1.165) is 12.1 Å². The third-order valence-electron chi connectivity index (χ3n) is 4.35. The van der Waals surface area contributed by atoms with Crippen molar-refractivity contribution < 1.29 is 31.8 Å². The van der Waals surface area contributed by atoms with Crippen LogP contribution < -0.4 is 24.2 Å². The van der Waals surface area contributed by atoms with Crippen LogP contribution in [-0.2, 0) is 14.8 Å². The van der Waals surface area contributed by atoms with Crippen LogP contribution in [-0.4, -0.2) is 35.2 Å². The van der Waals surface area contributed by atoms with Gasteiger partial charge < -0.3 is 19.5 Å². The maximum absolute atomic E-state index is 13.0. The molecule has 0 saturated carbocycles. The summed E-state index contributed by atoms with van der Waals surface area (Å²) in [4.78, 5) is 12.2. The molecule has 8 nitrogen and oxygen atoms in total. The quantitative estimate of drug-likeness (QED) is 0.459. The lowest BCUT2D eigenvalue weighted by Gasteiger charge is -2.13. The van der Waals surface area contributed by atoms with Gasteiger partial charge in [-0.3, -0.25) is 9.52 Å². The number of carbonyl (C=O) groups is 1. The van der Waals surface area contributed by atoms with Gasteiger partial charge in [0.15, 0.2) is 6.61 Å². The van der Waals surface area contributed by atoms with Gasteiger partial charge >= 0.3 is 0 Å². The second-order valence-corrected chi connectivity index (χ2v) is 8.70. The molecule has 0 aliphatic carbocycles. The first kappa shape index (κ1) is 24.1. The summed E-state index contributed by atoms with van der Waals surface area (Å²) in [6.07, 6.45) is 0. The molecule has 1 amide bonds. The molecule has 0 heterocycles. The number of amides is 1. The minimum Gasteiger partial charge on any atom is -0.497 e. The molecule has 174 valence electrons. The van der Waals surface area contributed by atoms with Crippen molar-refractivity contribution in [2.45, 2.75) is 4.90 Å². The molecular formula is C22H20ClFN2O6S. The van der Waals surface area contributed by atoms with Gasteiger partial charge in [0.2, 0.25) is 0 Å². The van der Waals surface area contributed by atoms with E-state index in [1.807, 2.05) is 0 Å². The number of hydrogen-bond donors (Lipinski definition) is 2. The van der Waals surface area contributed by atoms with Gasteiger partial charge in [0.1, 0.15) is 23.1 Å². The van der Waals surface area contributed by atoms with Gasteiger partial charge in [0.25, 0.3) is 15.9 Å². The Balaban J connectivity index is 1.66. The topological polar surface area (TPSA) is 103 Å². The Hall–Kier alpha value is -3.50. The average molecular weight is 495 g/mol. The molecular weight excluding hydrogens is 475 g/mol. The molecule has 3 rings (SSSR count). The minimum absolute atomic E-state index is 0.0104. The number of halogens is 2. The Kier molecular flexibility index (Phi) is 7.62. The lowest BCUT2D eigenvalue weighted by molar-refractivity contribution is -0.118. The molecule has 3 aromatic rings. The molecule has 0 bridgehead atoms. The summed E-state index contributed by atoms with van der Waals surface area (Å²) in [6.45, 7) is -0.389. The Morgan fingerprint density at radius 1 is 0.970 bits per heavy atom. The van der Waals surface area contributed by atoms with Crippen molar-refractivity contribution in [3.05, 3.63) is 71.5 Å². The summed E-state index contributed by atoms with van der Waals surface area (Å²) in [7, 11) is -1.01. The molecule has 0 atom stereocenters. The van der Waals surface area contributed by atoms with Gasteiger partial charge in [-0.15, -0.1) is 0 Å². The van der Waals surface area contributed by atoms with E-state index in [-0.39, 0.29) is 28.0 Å². The summed E-state index contributed by atoms with van der Waals surface area (Å²) in [5.74, 6) is 0.0975. The van der Waals surface area contributed by atoms with Crippen LogP contribution in [0.4, 0.5) is 15.8 Å². The highest BCUT2D eigenvalue weighted by Crippen LogP contribution is 2.30. The van der Waals surface area contributed by atoms with Crippen LogP contribution in [0.5, 0.6) is 17.2 Å². The summed E-state index contributed by atoms with van der Waals surface area (Å²) < 4.78 is 56.2. The van der Waals surface area contributed by atoms with Crippen molar-refractivity contribution in [3.8, 4) is 17.2 Å². The molecule has 0 fully saturated rings. The van der Waals surface area contributed by atoms with Crippen molar-refractivity contribution in [2.24, 2.45) is 0 Å². The standard InChI is InChI=1S/C22H20ClFN2O6S/c1-30-16-7-9-21(31-2)19(11-16)25-22(27)13-32-20-10-8-17(12-18(20)23)33(28,29)26-15-5-3-14(24)4-6-15/h3-12,26H,13H2,1-2H3,(H,25,27). The predicted molar refractivity (Wildman–Crippen MR) is 122 cm³/mol. The SMILES string of the molecule is COc1ccc(OC)c(NC(=O)COc2ccc(S(=O)(=O)Nc3ccc(F)cc3)cc2Cl)c1. The van der Waals surface area contributed by atoms with Crippen molar-refractivity contribution in [1.29, 1.82) is 0 Å². The first-order valence-corrected chi connectivity index (χ1v) is 11.3. The summed E-state index contributed by atoms with van der Waals surface area (Å²) in [5, 5.41) is 2.64. The van der Waals surface area contributed by atoms with Crippen molar-refractivity contribution in [2.75, 3.05) is 30.9 Å². The van der Waals surface area contributed by atoms with Crippen molar-refractivity contribution >= 4 is 38.9 Å². The Bertz CT molecular complexity index is 1250. The number of anilines is 2. The van der Waals surface area contributed by atoms with Gasteiger partial charge in [-0.2, -0.15) is 0 Å². The van der Waals surface area contributed by atoms with Crippen molar-refractivity contribution in [3.63, 3.8) is 0 Å². The number of methoxy groups -OCH3 is 2. The van der Waals surface area contributed by atoms with Crippen LogP contribution in [0.15, 0.2) is 65.6 Å². The fourth-order valence-corrected chi connectivity index (χ4v) is 4.12. The van der Waals surface area contributed by atoms with E-state index >= 15 is 0 Å². The summed E-state index contributed by atoms with van der Waals surface area (Å²) >= 11 is 6.16. The molecule has 0 spiro atoms. The summed E-state index contributed by atoms with van der Waals surface area (Å²) in [6, 6.07) is 13.6. The minimum atomic E-state index is -3.97. The number of ether oxygens (including phenoxy) is 3. The van der Waals surface area contributed by atoms with Crippen LogP contribution >= 0.6 is 11.6 Å². The molecule has 3 aromatic carbocycles. The zero-order valence-corrected chi connectivity index (χ0v) is 19.2. The molecule has 0 aromatic heterocycles. The smallest absolute Gasteiger partial charge is 0.262 e. The highest BCUT2D eigenvalue weighted by Gasteiger charge is 2.17. The van der Waals surface area contributed by atoms with Crippen LogP contribution in [0, 0.1) is 5.82 Å². The van der Waals surface area contributed by atoms with E-state index in [9.17, 15) is 17.6 Å². The molecule has 0 radical (unpaired) electrons. The van der Waals surface area contributed by atoms with E-state index < -0.39 is 21.7 Å². The van der Waals surface area contributed by atoms with Gasteiger partial charge in [-0.05, 0) is 54.6 Å². The predicted octanol–water partition coefficient (Wildman–Crippen LogP) is 4.31. The van der Waals surface area contributed by atoms with Crippen LogP contribution in [0.2, 0.25) is 5.02 Å². The van der Waals surface area contributed by atoms with Gasteiger partial charge in [-0.25, -0.2) is 12.8 Å². The highest BCUT2D eigenvalue weighted by atomic mass is 35.5. The maximum Gasteiger partial charge on any atom is 0.262 e. The average Bonchev–Trinajstić information content (AvgIpc) is 2.79. The lowest BCUT2D eigenvalue weighted by Crippen LogP contribution is -2.20. The first-order chi connectivity index (χ1) is 15.7. The van der Waals surface area contributed by atoms with Crippen LogP contribution in [0.1, 0.15) is 0 Å². The number of hydrogen-bond acceptors (Lipinski definition) is 6. The fourth-order valence-electron chi connectivity index (χ4n) is 2.74. The molecule has 0 aliphatic heterocycles. The number of nitrogens with one attached hydrogen (secondary N) is 2. The number of carbonyl (C=O) groups excluding carboxylic acids is 1. The van der Waals surface area contributed by atoms with E-state index in [1.54, 1.807) is 18.2 Å². The van der Waals surface area contributed by atoms with Crippen LogP contribution in [0.3, 0.4) is 0 Å². The van der Waals surface area contributed by atoms with E-state index in [4.69, 9.17) is 25.8 Å². The van der Waals surface area contributed by atoms with Crippen molar-refractivity contribution in [1.82, 2.24) is 0 Å². The monoisotopic (exact) mass is 494 g/mol. The lowest BCUT2D eigenvalue weighted by atomic mass is 10.2.